The molecule has 1 saturated carbocycles. The fourth-order valence-corrected chi connectivity index (χ4v) is 5.56. The molecule has 0 unspecified atom stereocenters. The van der Waals surface area contributed by atoms with E-state index in [1.807, 2.05) is 15.7 Å². The van der Waals surface area contributed by atoms with Crippen molar-refractivity contribution in [1.82, 2.24) is 14.5 Å². The van der Waals surface area contributed by atoms with Crippen LogP contribution in [0, 0.1) is 0 Å². The molecule has 0 bridgehead atoms. The molecule has 2 aliphatic rings. The second kappa shape index (κ2) is 7.03. The zero-order chi connectivity index (χ0) is 16.3. The summed E-state index contributed by atoms with van der Waals surface area (Å²) in [4.78, 5) is 18.3. The number of sulfone groups is 1. The number of hydrogen-bond acceptors (Lipinski definition) is 4. The molecule has 128 valence electrons. The molecular weight excluding hydrogens is 314 g/mol. The highest BCUT2D eigenvalue weighted by molar-refractivity contribution is 7.92. The average Bonchev–Trinajstić information content (AvgIpc) is 3.25. The highest BCUT2D eigenvalue weighted by atomic mass is 32.2. The summed E-state index contributed by atoms with van der Waals surface area (Å²) in [5.41, 5.74) is 0. The van der Waals surface area contributed by atoms with Crippen LogP contribution in [0.25, 0.3) is 0 Å². The molecule has 1 amide bonds. The molecule has 1 aliphatic carbocycles. The summed E-state index contributed by atoms with van der Waals surface area (Å²) in [7, 11) is -3.11. The quantitative estimate of drug-likeness (QED) is 0.820. The van der Waals surface area contributed by atoms with E-state index < -0.39 is 9.84 Å². The van der Waals surface area contributed by atoms with Crippen LogP contribution >= 0.6 is 0 Å². The Hall–Kier alpha value is -1.37. The maximum Gasteiger partial charge on any atom is 0.223 e. The molecule has 2 heterocycles. The highest BCUT2D eigenvalue weighted by Crippen LogP contribution is 2.26. The number of hydrogen-bond donors (Lipinski definition) is 0. The third-order valence-corrected chi connectivity index (χ3v) is 7.37. The van der Waals surface area contributed by atoms with Crippen LogP contribution in [0.4, 0.5) is 0 Å². The Labute approximate surface area is 137 Å². The molecule has 0 N–H and O–H groups in total. The maximum atomic E-state index is 12.4. The minimum Gasteiger partial charge on any atom is -0.341 e. The van der Waals surface area contributed by atoms with E-state index in [1.54, 1.807) is 12.5 Å². The first kappa shape index (κ1) is 16.5. The maximum absolute atomic E-state index is 12.4. The third kappa shape index (κ3) is 3.94. The Bertz CT molecular complexity index is 621. The lowest BCUT2D eigenvalue weighted by Gasteiger charge is -2.33. The minimum absolute atomic E-state index is 0.00272. The van der Waals surface area contributed by atoms with E-state index in [1.165, 1.54) is 0 Å². The summed E-state index contributed by atoms with van der Waals surface area (Å²) >= 11 is 0. The Morgan fingerprint density at radius 2 is 1.96 bits per heavy atom. The Kier molecular flexibility index (Phi) is 5.04. The second-order valence-electron chi connectivity index (χ2n) is 6.67. The lowest BCUT2D eigenvalue weighted by Crippen LogP contribution is -2.41. The number of likely N-dealkylation sites (tertiary alicyclic amines) is 1. The number of aromatic nitrogens is 2. The molecular formula is C16H25N3O3S. The number of carbonyl (C=O) groups is 1. The molecule has 7 heteroatoms. The molecule has 3 rings (SSSR count). The van der Waals surface area contributed by atoms with Gasteiger partial charge in [-0.2, -0.15) is 0 Å². The lowest BCUT2D eigenvalue weighted by atomic mass is 10.1. The van der Waals surface area contributed by atoms with Gasteiger partial charge in [0, 0.05) is 31.9 Å². The molecule has 1 aliphatic heterocycles. The van der Waals surface area contributed by atoms with Crippen molar-refractivity contribution in [3.8, 4) is 0 Å². The van der Waals surface area contributed by atoms with Gasteiger partial charge in [-0.1, -0.05) is 12.8 Å². The van der Waals surface area contributed by atoms with Gasteiger partial charge in [-0.25, -0.2) is 13.4 Å². The van der Waals surface area contributed by atoms with Gasteiger partial charge in [-0.15, -0.1) is 0 Å². The van der Waals surface area contributed by atoms with E-state index in [0.29, 0.717) is 6.54 Å². The van der Waals surface area contributed by atoms with Crippen LogP contribution in [0.5, 0.6) is 0 Å². The normalized spacial score (nSPS) is 23.3. The Balaban J connectivity index is 1.53. The van der Waals surface area contributed by atoms with E-state index in [0.717, 1.165) is 45.1 Å². The molecule has 0 radical (unpaired) electrons. The van der Waals surface area contributed by atoms with Crippen molar-refractivity contribution in [3.63, 3.8) is 0 Å². The van der Waals surface area contributed by atoms with E-state index in [-0.39, 0.29) is 29.4 Å². The first-order chi connectivity index (χ1) is 11.1. The number of nitrogens with zero attached hydrogens (tertiary/aromatic N) is 3. The zero-order valence-corrected chi connectivity index (χ0v) is 14.2. The summed E-state index contributed by atoms with van der Waals surface area (Å²) in [6, 6.07) is 0.252. The fraction of sp³-hybridized carbons (Fsp3) is 0.750. The smallest absolute Gasteiger partial charge is 0.223 e. The topological polar surface area (TPSA) is 72.3 Å². The number of carbonyl (C=O) groups excluding carboxylic acids is 1. The molecule has 6 nitrogen and oxygen atoms in total. The molecule has 1 atom stereocenters. The fourth-order valence-electron chi connectivity index (χ4n) is 3.71. The van der Waals surface area contributed by atoms with Crippen molar-refractivity contribution < 1.29 is 13.2 Å². The van der Waals surface area contributed by atoms with Crippen molar-refractivity contribution in [2.75, 3.05) is 18.8 Å². The van der Waals surface area contributed by atoms with E-state index in [2.05, 4.69) is 4.98 Å². The van der Waals surface area contributed by atoms with Crippen molar-refractivity contribution >= 4 is 15.7 Å². The van der Waals surface area contributed by atoms with Gasteiger partial charge in [-0.3, -0.25) is 4.79 Å². The summed E-state index contributed by atoms with van der Waals surface area (Å²) in [5.74, 6) is -0.0284. The van der Waals surface area contributed by atoms with Gasteiger partial charge in [0.05, 0.1) is 23.4 Å². The zero-order valence-electron chi connectivity index (χ0n) is 13.4. The van der Waals surface area contributed by atoms with E-state index in [4.69, 9.17) is 0 Å². The minimum atomic E-state index is -3.11. The van der Waals surface area contributed by atoms with E-state index in [9.17, 15) is 13.2 Å². The average molecular weight is 339 g/mol. The largest absolute Gasteiger partial charge is 0.341 e. The predicted molar refractivity (Wildman–Crippen MR) is 87.7 cm³/mol. The Morgan fingerprint density at radius 3 is 2.65 bits per heavy atom. The highest BCUT2D eigenvalue weighted by Gasteiger charge is 2.30. The molecule has 0 aromatic carbocycles. The molecule has 2 fully saturated rings. The van der Waals surface area contributed by atoms with Crippen molar-refractivity contribution in [2.24, 2.45) is 0 Å². The first-order valence-corrected chi connectivity index (χ1v) is 10.2. The van der Waals surface area contributed by atoms with Crippen molar-refractivity contribution in [2.45, 2.75) is 56.2 Å². The van der Waals surface area contributed by atoms with Crippen LogP contribution < -0.4 is 0 Å². The monoisotopic (exact) mass is 339 g/mol. The van der Waals surface area contributed by atoms with Crippen LogP contribution in [0.2, 0.25) is 0 Å². The SMILES string of the molecule is O=C(CCS(=O)(=O)C1CCCC1)N1CCC[C@H](n2ccnc2)C1. The summed E-state index contributed by atoms with van der Waals surface area (Å²) in [6.45, 7) is 1.38. The number of rotatable bonds is 5. The first-order valence-electron chi connectivity index (χ1n) is 8.53. The Morgan fingerprint density at radius 1 is 1.17 bits per heavy atom. The molecule has 1 saturated heterocycles. The van der Waals surface area contributed by atoms with E-state index >= 15 is 0 Å². The van der Waals surface area contributed by atoms with Gasteiger partial charge < -0.3 is 9.47 Å². The van der Waals surface area contributed by atoms with Gasteiger partial charge in [0.15, 0.2) is 9.84 Å². The van der Waals surface area contributed by atoms with Crippen LogP contribution in [-0.4, -0.2) is 52.9 Å². The standard InChI is InChI=1S/C16H25N3O3S/c20-16(7-11-23(21,22)15-5-1-2-6-15)18-9-3-4-14(12-18)19-10-8-17-13-19/h8,10,13-15H,1-7,9,11-12H2/t14-/m0/s1. The number of imidazole rings is 1. The van der Waals surface area contributed by atoms with Crippen molar-refractivity contribution in [1.29, 1.82) is 0 Å². The molecule has 1 aromatic rings. The van der Waals surface area contributed by atoms with Gasteiger partial charge in [-0.05, 0) is 25.7 Å². The van der Waals surface area contributed by atoms with Gasteiger partial charge in [0.25, 0.3) is 0 Å². The summed E-state index contributed by atoms with van der Waals surface area (Å²) < 4.78 is 26.6. The van der Waals surface area contributed by atoms with Crippen LogP contribution in [0.3, 0.4) is 0 Å². The van der Waals surface area contributed by atoms with Crippen LogP contribution in [0.1, 0.15) is 51.0 Å². The summed E-state index contributed by atoms with van der Waals surface area (Å²) in [6.07, 6.45) is 11.1. The van der Waals surface area contributed by atoms with Gasteiger partial charge >= 0.3 is 0 Å². The lowest BCUT2D eigenvalue weighted by molar-refractivity contribution is -0.132. The van der Waals surface area contributed by atoms with Crippen LogP contribution in [-0.2, 0) is 14.6 Å². The number of piperidine rings is 1. The van der Waals surface area contributed by atoms with Crippen molar-refractivity contribution in [3.05, 3.63) is 18.7 Å². The van der Waals surface area contributed by atoms with Gasteiger partial charge in [0.2, 0.25) is 5.91 Å². The molecule has 0 spiro atoms. The molecule has 1 aromatic heterocycles. The number of amides is 1. The molecule has 23 heavy (non-hydrogen) atoms. The van der Waals surface area contributed by atoms with Gasteiger partial charge in [0.1, 0.15) is 0 Å². The van der Waals surface area contributed by atoms with Crippen LogP contribution in [0.15, 0.2) is 18.7 Å². The second-order valence-corrected chi connectivity index (χ2v) is 9.07. The third-order valence-electron chi connectivity index (χ3n) is 5.11. The summed E-state index contributed by atoms with van der Waals surface area (Å²) in [5, 5.41) is -0.213. The predicted octanol–water partition coefficient (Wildman–Crippen LogP) is 1.79.